The Bertz CT molecular complexity index is 473. The van der Waals surface area contributed by atoms with Crippen molar-refractivity contribution in [3.8, 4) is 0 Å². The zero-order valence-corrected chi connectivity index (χ0v) is 11.7. The van der Waals surface area contributed by atoms with E-state index in [1.807, 2.05) is 12.1 Å². The van der Waals surface area contributed by atoms with Crippen LogP contribution in [0.15, 0.2) is 29.4 Å². The van der Waals surface area contributed by atoms with Crippen LogP contribution in [-0.2, 0) is 11.3 Å². The van der Waals surface area contributed by atoms with E-state index < -0.39 is 5.41 Å². The van der Waals surface area contributed by atoms with E-state index in [2.05, 4.69) is 10.5 Å². The molecule has 0 heterocycles. The summed E-state index contributed by atoms with van der Waals surface area (Å²) in [5.41, 5.74) is 5.49. The SMILES string of the molecule is CCC(C)(C(=O)NCc1ccc(Cl)cc1)/C(N)=N/O. The van der Waals surface area contributed by atoms with E-state index in [4.69, 9.17) is 22.5 Å². The lowest BCUT2D eigenvalue weighted by Gasteiger charge is -2.25. The van der Waals surface area contributed by atoms with Crippen LogP contribution in [0.1, 0.15) is 25.8 Å². The fourth-order valence-corrected chi connectivity index (χ4v) is 1.67. The number of nitrogens with zero attached hydrogens (tertiary/aromatic N) is 1. The molecule has 1 aromatic carbocycles. The van der Waals surface area contributed by atoms with E-state index >= 15 is 0 Å². The normalized spacial score (nSPS) is 14.8. The number of amides is 1. The highest BCUT2D eigenvalue weighted by Crippen LogP contribution is 2.21. The average molecular weight is 284 g/mol. The number of carbonyl (C=O) groups is 1. The minimum atomic E-state index is -1.01. The van der Waals surface area contributed by atoms with Gasteiger partial charge in [0.25, 0.3) is 0 Å². The molecule has 0 saturated heterocycles. The minimum absolute atomic E-state index is 0.0939. The quantitative estimate of drug-likeness (QED) is 0.335. The van der Waals surface area contributed by atoms with Gasteiger partial charge in [0.1, 0.15) is 5.41 Å². The lowest BCUT2D eigenvalue weighted by Crippen LogP contribution is -2.47. The molecule has 1 amide bonds. The van der Waals surface area contributed by atoms with Crippen molar-refractivity contribution < 1.29 is 10.0 Å². The van der Waals surface area contributed by atoms with Crippen molar-refractivity contribution >= 4 is 23.3 Å². The topological polar surface area (TPSA) is 87.7 Å². The first-order valence-corrected chi connectivity index (χ1v) is 6.32. The fraction of sp³-hybridized carbons (Fsp3) is 0.385. The van der Waals surface area contributed by atoms with Crippen molar-refractivity contribution in [1.82, 2.24) is 5.32 Å². The molecule has 0 spiro atoms. The molecule has 0 aliphatic heterocycles. The Hall–Kier alpha value is -1.75. The second-order valence-corrected chi connectivity index (χ2v) is 4.92. The van der Waals surface area contributed by atoms with Gasteiger partial charge in [-0.3, -0.25) is 4.79 Å². The van der Waals surface area contributed by atoms with Crippen molar-refractivity contribution in [2.45, 2.75) is 26.8 Å². The molecule has 0 radical (unpaired) electrons. The average Bonchev–Trinajstić information content (AvgIpc) is 2.44. The summed E-state index contributed by atoms with van der Waals surface area (Å²) in [5, 5.41) is 15.1. The molecule has 104 valence electrons. The van der Waals surface area contributed by atoms with Gasteiger partial charge in [-0.2, -0.15) is 0 Å². The Morgan fingerprint density at radius 2 is 2.05 bits per heavy atom. The first kappa shape index (κ1) is 15.3. The monoisotopic (exact) mass is 283 g/mol. The van der Waals surface area contributed by atoms with E-state index in [1.54, 1.807) is 26.0 Å². The first-order chi connectivity index (χ1) is 8.93. The highest BCUT2D eigenvalue weighted by molar-refractivity contribution is 6.30. The number of hydrogen-bond donors (Lipinski definition) is 3. The maximum absolute atomic E-state index is 12.1. The van der Waals surface area contributed by atoms with Crippen LogP contribution in [0.25, 0.3) is 0 Å². The van der Waals surface area contributed by atoms with Crippen molar-refractivity contribution in [2.75, 3.05) is 0 Å². The maximum Gasteiger partial charge on any atom is 0.233 e. The Morgan fingerprint density at radius 3 is 2.53 bits per heavy atom. The summed E-state index contributed by atoms with van der Waals surface area (Å²) in [5.74, 6) is -0.371. The van der Waals surface area contributed by atoms with Gasteiger partial charge in [0, 0.05) is 11.6 Å². The molecule has 1 aromatic rings. The van der Waals surface area contributed by atoms with Crippen molar-refractivity contribution in [3.63, 3.8) is 0 Å². The predicted octanol–water partition coefficient (Wildman–Crippen LogP) is 2.12. The van der Waals surface area contributed by atoms with Crippen LogP contribution >= 0.6 is 11.6 Å². The molecule has 0 bridgehead atoms. The van der Waals surface area contributed by atoms with Crippen LogP contribution in [0.2, 0.25) is 5.02 Å². The summed E-state index contributed by atoms with van der Waals surface area (Å²) in [6, 6.07) is 7.17. The molecular formula is C13H18ClN3O2. The molecule has 4 N–H and O–H groups in total. The maximum atomic E-state index is 12.1. The Morgan fingerprint density at radius 1 is 1.47 bits per heavy atom. The number of rotatable bonds is 5. The predicted molar refractivity (Wildman–Crippen MR) is 75.1 cm³/mol. The number of nitrogens with one attached hydrogen (secondary N) is 1. The molecule has 5 nitrogen and oxygen atoms in total. The molecule has 0 fully saturated rings. The summed E-state index contributed by atoms with van der Waals surface area (Å²) in [6.45, 7) is 3.81. The zero-order chi connectivity index (χ0) is 14.5. The number of amidine groups is 1. The second-order valence-electron chi connectivity index (χ2n) is 4.48. The molecular weight excluding hydrogens is 266 g/mol. The van der Waals surface area contributed by atoms with Crippen LogP contribution in [0.3, 0.4) is 0 Å². The van der Waals surface area contributed by atoms with Gasteiger partial charge >= 0.3 is 0 Å². The van der Waals surface area contributed by atoms with Crippen LogP contribution in [-0.4, -0.2) is 17.0 Å². The van der Waals surface area contributed by atoms with Gasteiger partial charge in [-0.1, -0.05) is 35.8 Å². The van der Waals surface area contributed by atoms with Gasteiger partial charge in [0.05, 0.1) is 0 Å². The number of oxime groups is 1. The number of halogens is 1. The van der Waals surface area contributed by atoms with Gasteiger partial charge in [-0.25, -0.2) is 0 Å². The van der Waals surface area contributed by atoms with Gasteiger partial charge in [-0.15, -0.1) is 0 Å². The largest absolute Gasteiger partial charge is 0.409 e. The van der Waals surface area contributed by atoms with E-state index in [9.17, 15) is 4.79 Å². The molecule has 0 aliphatic rings. The molecule has 0 aromatic heterocycles. The summed E-state index contributed by atoms with van der Waals surface area (Å²) in [7, 11) is 0. The number of benzene rings is 1. The summed E-state index contributed by atoms with van der Waals surface area (Å²) in [4.78, 5) is 12.1. The summed E-state index contributed by atoms with van der Waals surface area (Å²) >= 11 is 5.78. The standard InChI is InChI=1S/C13H18ClN3O2/c1-3-13(2,11(15)17-19)12(18)16-8-9-4-6-10(14)7-5-9/h4-7,19H,3,8H2,1-2H3,(H2,15,17)(H,16,18). The number of nitrogens with two attached hydrogens (primary N) is 1. The second kappa shape index (κ2) is 6.43. The molecule has 0 saturated carbocycles. The molecule has 1 atom stereocenters. The molecule has 1 rings (SSSR count). The minimum Gasteiger partial charge on any atom is -0.409 e. The molecule has 6 heteroatoms. The van der Waals surface area contributed by atoms with Gasteiger partial charge in [0.2, 0.25) is 5.91 Å². The number of carbonyl (C=O) groups excluding carboxylic acids is 1. The third kappa shape index (κ3) is 3.61. The van der Waals surface area contributed by atoms with Gasteiger partial charge in [-0.05, 0) is 31.0 Å². The van der Waals surface area contributed by atoms with Crippen LogP contribution in [0.4, 0.5) is 0 Å². The van der Waals surface area contributed by atoms with E-state index in [0.717, 1.165) is 5.56 Å². The van der Waals surface area contributed by atoms with Crippen LogP contribution < -0.4 is 11.1 Å². The van der Waals surface area contributed by atoms with Gasteiger partial charge < -0.3 is 16.3 Å². The fourth-order valence-electron chi connectivity index (χ4n) is 1.55. The van der Waals surface area contributed by atoms with E-state index in [0.29, 0.717) is 18.0 Å². The Kier molecular flexibility index (Phi) is 5.18. The third-order valence-corrected chi connectivity index (χ3v) is 3.50. The highest BCUT2D eigenvalue weighted by atomic mass is 35.5. The summed E-state index contributed by atoms with van der Waals surface area (Å²) in [6.07, 6.45) is 0.440. The Balaban J connectivity index is 2.71. The van der Waals surface area contributed by atoms with E-state index in [-0.39, 0.29) is 11.7 Å². The van der Waals surface area contributed by atoms with Crippen LogP contribution in [0, 0.1) is 5.41 Å². The summed E-state index contributed by atoms with van der Waals surface area (Å²) < 4.78 is 0. The first-order valence-electron chi connectivity index (χ1n) is 5.94. The molecule has 1 unspecified atom stereocenters. The molecule has 19 heavy (non-hydrogen) atoms. The van der Waals surface area contributed by atoms with Crippen LogP contribution in [0.5, 0.6) is 0 Å². The number of hydrogen-bond acceptors (Lipinski definition) is 3. The zero-order valence-electron chi connectivity index (χ0n) is 11.0. The smallest absolute Gasteiger partial charge is 0.233 e. The third-order valence-electron chi connectivity index (χ3n) is 3.25. The lowest BCUT2D eigenvalue weighted by atomic mass is 9.85. The van der Waals surface area contributed by atoms with Crippen molar-refractivity contribution in [1.29, 1.82) is 0 Å². The van der Waals surface area contributed by atoms with Crippen molar-refractivity contribution in [3.05, 3.63) is 34.9 Å². The molecule has 0 aliphatic carbocycles. The highest BCUT2D eigenvalue weighted by Gasteiger charge is 2.36. The van der Waals surface area contributed by atoms with Crippen molar-refractivity contribution in [2.24, 2.45) is 16.3 Å². The van der Waals surface area contributed by atoms with E-state index in [1.165, 1.54) is 0 Å². The van der Waals surface area contributed by atoms with Gasteiger partial charge in [0.15, 0.2) is 5.84 Å². The lowest BCUT2D eigenvalue weighted by molar-refractivity contribution is -0.127. The Labute approximate surface area is 117 Å².